The van der Waals surface area contributed by atoms with Crippen LogP contribution in [0.3, 0.4) is 0 Å². The standard InChI is InChI=1S/C18H29N3O2/c1-13(16(22)19-11-12-21(5)6)20-17(23)14-7-9-15(10-8-14)18(2,3)4/h7-10,13H,11-12H2,1-6H3,(H,19,22)(H,20,23)/t13-/m0/s1. The van der Waals surface area contributed by atoms with Crippen molar-refractivity contribution in [2.45, 2.75) is 39.2 Å². The molecule has 0 aliphatic rings. The summed E-state index contributed by atoms with van der Waals surface area (Å²) in [7, 11) is 3.89. The Morgan fingerprint density at radius 3 is 2.17 bits per heavy atom. The fraction of sp³-hybridized carbons (Fsp3) is 0.556. The summed E-state index contributed by atoms with van der Waals surface area (Å²) in [5.74, 6) is -0.410. The summed E-state index contributed by atoms with van der Waals surface area (Å²) in [4.78, 5) is 26.1. The van der Waals surface area contributed by atoms with Crippen molar-refractivity contribution in [3.8, 4) is 0 Å². The highest BCUT2D eigenvalue weighted by Crippen LogP contribution is 2.22. The van der Waals surface area contributed by atoms with Crippen LogP contribution in [0, 0.1) is 0 Å². The summed E-state index contributed by atoms with van der Waals surface area (Å²) in [5.41, 5.74) is 1.78. The molecule has 0 bridgehead atoms. The first-order valence-corrected chi connectivity index (χ1v) is 7.95. The Hall–Kier alpha value is -1.88. The second-order valence-electron chi connectivity index (χ2n) is 7.12. The molecule has 0 heterocycles. The number of nitrogens with one attached hydrogen (secondary N) is 2. The van der Waals surface area contributed by atoms with Gasteiger partial charge >= 0.3 is 0 Å². The van der Waals surface area contributed by atoms with Crippen molar-refractivity contribution >= 4 is 11.8 Å². The molecule has 5 nitrogen and oxygen atoms in total. The molecule has 128 valence electrons. The van der Waals surface area contributed by atoms with Crippen LogP contribution in [0.25, 0.3) is 0 Å². The molecule has 0 radical (unpaired) electrons. The van der Waals surface area contributed by atoms with E-state index in [1.165, 1.54) is 5.56 Å². The van der Waals surface area contributed by atoms with Crippen LogP contribution in [0.1, 0.15) is 43.6 Å². The Morgan fingerprint density at radius 1 is 1.13 bits per heavy atom. The number of benzene rings is 1. The molecule has 1 rings (SSSR count). The minimum atomic E-state index is -0.563. The highest BCUT2D eigenvalue weighted by molar-refractivity contribution is 5.97. The van der Waals surface area contributed by atoms with E-state index in [2.05, 4.69) is 31.4 Å². The van der Waals surface area contributed by atoms with E-state index in [0.29, 0.717) is 12.1 Å². The lowest BCUT2D eigenvalue weighted by Gasteiger charge is -2.19. The lowest BCUT2D eigenvalue weighted by Crippen LogP contribution is -2.46. The predicted molar refractivity (Wildman–Crippen MR) is 93.6 cm³/mol. The third-order valence-electron chi connectivity index (χ3n) is 3.61. The highest BCUT2D eigenvalue weighted by Gasteiger charge is 2.17. The number of hydrogen-bond acceptors (Lipinski definition) is 3. The number of carbonyl (C=O) groups is 2. The summed E-state index contributed by atoms with van der Waals surface area (Å²) >= 11 is 0. The van der Waals surface area contributed by atoms with Gasteiger partial charge in [0.05, 0.1) is 0 Å². The molecule has 0 fully saturated rings. The topological polar surface area (TPSA) is 61.4 Å². The zero-order valence-electron chi connectivity index (χ0n) is 15.1. The predicted octanol–water partition coefficient (Wildman–Crippen LogP) is 1.78. The molecule has 0 aliphatic heterocycles. The van der Waals surface area contributed by atoms with Crippen LogP contribution in [0.5, 0.6) is 0 Å². The fourth-order valence-corrected chi connectivity index (χ4v) is 2.02. The average molecular weight is 319 g/mol. The molecule has 0 saturated heterocycles. The minimum absolute atomic E-state index is 0.0502. The van der Waals surface area contributed by atoms with E-state index in [0.717, 1.165) is 6.54 Å². The minimum Gasteiger partial charge on any atom is -0.353 e. The van der Waals surface area contributed by atoms with E-state index < -0.39 is 6.04 Å². The molecule has 23 heavy (non-hydrogen) atoms. The molecule has 2 amide bonds. The van der Waals surface area contributed by atoms with E-state index >= 15 is 0 Å². The van der Waals surface area contributed by atoms with Crippen LogP contribution in [-0.4, -0.2) is 49.9 Å². The third kappa shape index (κ3) is 6.40. The van der Waals surface area contributed by atoms with Gasteiger partial charge in [-0.3, -0.25) is 9.59 Å². The first kappa shape index (κ1) is 19.2. The fourth-order valence-electron chi connectivity index (χ4n) is 2.02. The van der Waals surface area contributed by atoms with Gasteiger partial charge in [-0.25, -0.2) is 0 Å². The van der Waals surface area contributed by atoms with E-state index in [4.69, 9.17) is 0 Å². The van der Waals surface area contributed by atoms with Crippen molar-refractivity contribution in [2.75, 3.05) is 27.2 Å². The van der Waals surface area contributed by atoms with Crippen LogP contribution in [-0.2, 0) is 10.2 Å². The number of nitrogens with zero attached hydrogens (tertiary/aromatic N) is 1. The van der Waals surface area contributed by atoms with E-state index in [-0.39, 0.29) is 17.2 Å². The summed E-state index contributed by atoms with van der Waals surface area (Å²) in [6.07, 6.45) is 0. The van der Waals surface area contributed by atoms with E-state index in [1.807, 2.05) is 31.1 Å². The Morgan fingerprint density at radius 2 is 1.70 bits per heavy atom. The van der Waals surface area contributed by atoms with Gasteiger partial charge in [0.2, 0.25) is 5.91 Å². The van der Waals surface area contributed by atoms with Crippen LogP contribution >= 0.6 is 0 Å². The summed E-state index contributed by atoms with van der Waals surface area (Å²) < 4.78 is 0. The monoisotopic (exact) mass is 319 g/mol. The Kier molecular flexibility index (Phi) is 6.76. The molecule has 1 atom stereocenters. The number of hydrogen-bond donors (Lipinski definition) is 2. The molecule has 5 heteroatoms. The normalized spacial score (nSPS) is 12.8. The number of carbonyl (C=O) groups excluding carboxylic acids is 2. The molecule has 0 aromatic heterocycles. The van der Waals surface area contributed by atoms with Gasteiger partial charge in [-0.1, -0.05) is 32.9 Å². The molecular formula is C18H29N3O2. The first-order valence-electron chi connectivity index (χ1n) is 7.95. The molecule has 0 saturated carbocycles. The molecule has 0 unspecified atom stereocenters. The summed E-state index contributed by atoms with van der Waals surface area (Å²) in [6, 6.07) is 6.94. The second-order valence-corrected chi connectivity index (χ2v) is 7.12. The Bertz CT molecular complexity index is 530. The largest absolute Gasteiger partial charge is 0.353 e. The zero-order valence-corrected chi connectivity index (χ0v) is 15.1. The van der Waals surface area contributed by atoms with Crippen LogP contribution in [0.15, 0.2) is 24.3 Å². The Labute approximate surface area is 139 Å². The second kappa shape index (κ2) is 8.11. The smallest absolute Gasteiger partial charge is 0.251 e. The maximum absolute atomic E-state index is 12.2. The number of amides is 2. The Balaban J connectivity index is 2.56. The lowest BCUT2D eigenvalue weighted by molar-refractivity contribution is -0.122. The maximum Gasteiger partial charge on any atom is 0.251 e. The molecule has 0 spiro atoms. The van der Waals surface area contributed by atoms with Gasteiger partial charge in [-0.2, -0.15) is 0 Å². The van der Waals surface area contributed by atoms with Crippen molar-refractivity contribution in [1.82, 2.24) is 15.5 Å². The van der Waals surface area contributed by atoms with E-state index in [9.17, 15) is 9.59 Å². The van der Waals surface area contributed by atoms with E-state index in [1.54, 1.807) is 19.1 Å². The third-order valence-corrected chi connectivity index (χ3v) is 3.61. The van der Waals surface area contributed by atoms with Gasteiger partial charge in [0.1, 0.15) is 6.04 Å². The quantitative estimate of drug-likeness (QED) is 0.840. The van der Waals surface area contributed by atoms with Crippen LogP contribution < -0.4 is 10.6 Å². The van der Waals surface area contributed by atoms with Crippen molar-refractivity contribution in [2.24, 2.45) is 0 Å². The van der Waals surface area contributed by atoms with Gasteiger partial charge < -0.3 is 15.5 Å². The van der Waals surface area contributed by atoms with Gasteiger partial charge in [-0.15, -0.1) is 0 Å². The molecular weight excluding hydrogens is 290 g/mol. The summed E-state index contributed by atoms with van der Waals surface area (Å²) in [5, 5.41) is 5.53. The maximum atomic E-state index is 12.2. The first-order chi connectivity index (χ1) is 10.6. The molecule has 1 aromatic rings. The van der Waals surface area contributed by atoms with Gasteiger partial charge in [0, 0.05) is 18.7 Å². The van der Waals surface area contributed by atoms with Crippen molar-refractivity contribution in [1.29, 1.82) is 0 Å². The molecule has 1 aromatic carbocycles. The average Bonchev–Trinajstić information content (AvgIpc) is 2.45. The highest BCUT2D eigenvalue weighted by atomic mass is 16.2. The van der Waals surface area contributed by atoms with Gasteiger partial charge in [0.25, 0.3) is 5.91 Å². The molecule has 0 aliphatic carbocycles. The SMILES string of the molecule is C[C@H](NC(=O)c1ccc(C(C)(C)C)cc1)C(=O)NCCN(C)C. The van der Waals surface area contributed by atoms with Gasteiger partial charge in [-0.05, 0) is 44.1 Å². The number of rotatable bonds is 6. The molecule has 2 N–H and O–H groups in total. The van der Waals surface area contributed by atoms with Gasteiger partial charge in [0.15, 0.2) is 0 Å². The van der Waals surface area contributed by atoms with Crippen molar-refractivity contribution in [3.05, 3.63) is 35.4 Å². The number of likely N-dealkylation sites (N-methyl/N-ethyl adjacent to an activating group) is 1. The zero-order chi connectivity index (χ0) is 17.6. The van der Waals surface area contributed by atoms with Crippen molar-refractivity contribution < 1.29 is 9.59 Å². The van der Waals surface area contributed by atoms with Crippen LogP contribution in [0.4, 0.5) is 0 Å². The summed E-state index contributed by atoms with van der Waals surface area (Å²) in [6.45, 7) is 9.39. The lowest BCUT2D eigenvalue weighted by atomic mass is 9.86. The van der Waals surface area contributed by atoms with Crippen molar-refractivity contribution in [3.63, 3.8) is 0 Å². The van der Waals surface area contributed by atoms with Crippen LogP contribution in [0.2, 0.25) is 0 Å².